The second-order valence-corrected chi connectivity index (χ2v) is 18.1. The maximum Gasteiger partial charge on any atom is 0.306 e. The minimum atomic E-state index is -0.780. The number of carbonyl (C=O) groups is 3. The summed E-state index contributed by atoms with van der Waals surface area (Å²) in [4.78, 5) is 38.0. The zero-order valence-electron chi connectivity index (χ0n) is 41.8. The third kappa shape index (κ3) is 50.2. The zero-order valence-corrected chi connectivity index (χ0v) is 41.8. The molecule has 0 aliphatic carbocycles. The molecule has 0 aromatic carbocycles. The molecule has 0 aromatic heterocycles. The molecule has 0 aliphatic heterocycles. The lowest BCUT2D eigenvalue weighted by molar-refractivity contribution is -0.167. The lowest BCUT2D eigenvalue weighted by Gasteiger charge is -2.18. The zero-order chi connectivity index (χ0) is 45.8. The normalized spacial score (nSPS) is 12.4. The fourth-order valence-electron chi connectivity index (χ4n) is 7.75. The molecule has 1 atom stereocenters. The summed E-state index contributed by atoms with van der Waals surface area (Å²) in [5.74, 6) is -0.894. The van der Waals surface area contributed by atoms with Gasteiger partial charge in [0.25, 0.3) is 0 Å². The molecule has 0 spiro atoms. The van der Waals surface area contributed by atoms with Crippen LogP contribution in [0, 0.1) is 0 Å². The fraction of sp³-hybridized carbons (Fsp3) is 0.807. The Balaban J connectivity index is 4.38. The highest BCUT2D eigenvalue weighted by Gasteiger charge is 2.19. The van der Waals surface area contributed by atoms with E-state index < -0.39 is 6.10 Å². The van der Waals surface area contributed by atoms with Gasteiger partial charge in [0.05, 0.1) is 0 Å². The molecule has 0 saturated heterocycles. The van der Waals surface area contributed by atoms with E-state index in [-0.39, 0.29) is 31.1 Å². The quantitative estimate of drug-likeness (QED) is 0.0262. The van der Waals surface area contributed by atoms with Gasteiger partial charge < -0.3 is 14.2 Å². The van der Waals surface area contributed by atoms with Crippen LogP contribution in [0.2, 0.25) is 0 Å². The van der Waals surface area contributed by atoms with E-state index >= 15 is 0 Å². The molecule has 63 heavy (non-hydrogen) atoms. The van der Waals surface area contributed by atoms with Crippen LogP contribution in [-0.4, -0.2) is 37.2 Å². The lowest BCUT2D eigenvalue weighted by atomic mass is 10.0. The summed E-state index contributed by atoms with van der Waals surface area (Å²) in [5.41, 5.74) is 0. The van der Waals surface area contributed by atoms with Crippen molar-refractivity contribution < 1.29 is 28.6 Å². The Labute approximate surface area is 390 Å². The van der Waals surface area contributed by atoms with Crippen molar-refractivity contribution in [1.82, 2.24) is 0 Å². The first kappa shape index (κ1) is 60.4. The third-order valence-corrected chi connectivity index (χ3v) is 11.8. The Morgan fingerprint density at radius 1 is 0.333 bits per heavy atom. The number of unbranched alkanes of at least 4 members (excludes halogenated alkanes) is 30. The maximum absolute atomic E-state index is 12.8. The average Bonchev–Trinajstić information content (AvgIpc) is 3.28. The van der Waals surface area contributed by atoms with Crippen LogP contribution in [0.4, 0.5) is 0 Å². The highest BCUT2D eigenvalue weighted by atomic mass is 16.6. The Bertz CT molecular complexity index is 1110. The molecule has 0 rings (SSSR count). The summed E-state index contributed by atoms with van der Waals surface area (Å²) >= 11 is 0. The topological polar surface area (TPSA) is 78.9 Å². The largest absolute Gasteiger partial charge is 0.462 e. The standard InChI is InChI=1S/C57H102O6/c1-4-7-10-13-16-19-22-25-27-28-30-33-36-39-42-45-48-51-57(60)63-54(52-61-55(58)49-46-43-40-37-34-31-24-21-18-15-12-9-6-3)53-62-56(59)50-47-44-41-38-35-32-29-26-23-20-17-14-11-8-5-2/h8,11,17,20-21,24,26,29,54H,4-7,9-10,12-16,18-19,22-23,25,27-28,30-53H2,1-3H3/b11-8-,20-17-,24-21-,29-26-/t54-/m0/s1. The number of rotatable bonds is 49. The number of hydrogen-bond acceptors (Lipinski definition) is 6. The van der Waals surface area contributed by atoms with E-state index in [4.69, 9.17) is 14.2 Å². The van der Waals surface area contributed by atoms with Crippen molar-refractivity contribution in [3.8, 4) is 0 Å². The van der Waals surface area contributed by atoms with Crippen LogP contribution in [0.15, 0.2) is 48.6 Å². The summed E-state index contributed by atoms with van der Waals surface area (Å²) in [5, 5.41) is 0. The van der Waals surface area contributed by atoms with Gasteiger partial charge in [-0.2, -0.15) is 0 Å². The first-order valence-electron chi connectivity index (χ1n) is 27.1. The Hall–Kier alpha value is -2.63. The van der Waals surface area contributed by atoms with Crippen LogP contribution < -0.4 is 0 Å². The molecule has 0 aliphatic rings. The molecule has 0 N–H and O–H groups in total. The highest BCUT2D eigenvalue weighted by Crippen LogP contribution is 2.16. The Kier molecular flexibility index (Phi) is 49.8. The van der Waals surface area contributed by atoms with Gasteiger partial charge in [-0.1, -0.05) is 230 Å². The second-order valence-electron chi connectivity index (χ2n) is 18.1. The lowest BCUT2D eigenvalue weighted by Crippen LogP contribution is -2.30. The summed E-state index contributed by atoms with van der Waals surface area (Å²) in [6, 6.07) is 0. The van der Waals surface area contributed by atoms with Gasteiger partial charge in [0.15, 0.2) is 6.10 Å². The van der Waals surface area contributed by atoms with Gasteiger partial charge in [-0.15, -0.1) is 0 Å². The van der Waals surface area contributed by atoms with E-state index in [1.54, 1.807) is 0 Å². The number of ether oxygens (including phenoxy) is 3. The number of esters is 3. The first-order valence-corrected chi connectivity index (χ1v) is 27.1. The number of allylic oxidation sites excluding steroid dienone is 8. The van der Waals surface area contributed by atoms with E-state index in [9.17, 15) is 14.4 Å². The molecule has 0 unspecified atom stereocenters. The van der Waals surface area contributed by atoms with Crippen molar-refractivity contribution in [2.24, 2.45) is 0 Å². The minimum Gasteiger partial charge on any atom is -0.462 e. The van der Waals surface area contributed by atoms with Crippen LogP contribution in [0.5, 0.6) is 0 Å². The maximum atomic E-state index is 12.8. The smallest absolute Gasteiger partial charge is 0.306 e. The van der Waals surface area contributed by atoms with Gasteiger partial charge in [-0.3, -0.25) is 14.4 Å². The summed E-state index contributed by atoms with van der Waals surface area (Å²) in [7, 11) is 0. The molecule has 0 bridgehead atoms. The van der Waals surface area contributed by atoms with Gasteiger partial charge in [0.1, 0.15) is 13.2 Å². The molecule has 0 fully saturated rings. The monoisotopic (exact) mass is 883 g/mol. The summed E-state index contributed by atoms with van der Waals surface area (Å²) < 4.78 is 16.8. The highest BCUT2D eigenvalue weighted by molar-refractivity contribution is 5.71. The number of hydrogen-bond donors (Lipinski definition) is 0. The van der Waals surface area contributed by atoms with Crippen molar-refractivity contribution in [1.29, 1.82) is 0 Å². The predicted molar refractivity (Wildman–Crippen MR) is 270 cm³/mol. The predicted octanol–water partition coefficient (Wildman–Crippen LogP) is 17.9. The molecule has 0 saturated carbocycles. The van der Waals surface area contributed by atoms with E-state index in [1.807, 2.05) is 0 Å². The molecular formula is C57H102O6. The first-order chi connectivity index (χ1) is 31.0. The number of carbonyl (C=O) groups excluding carboxylic acids is 3. The van der Waals surface area contributed by atoms with E-state index in [2.05, 4.69) is 69.4 Å². The van der Waals surface area contributed by atoms with Gasteiger partial charge in [-0.25, -0.2) is 0 Å². The molecule has 0 radical (unpaired) electrons. The molecule has 0 aromatic rings. The van der Waals surface area contributed by atoms with Crippen LogP contribution in [-0.2, 0) is 28.6 Å². The van der Waals surface area contributed by atoms with E-state index in [0.29, 0.717) is 19.3 Å². The van der Waals surface area contributed by atoms with Crippen LogP contribution in [0.25, 0.3) is 0 Å². The summed E-state index contributed by atoms with van der Waals surface area (Å²) in [6.45, 7) is 6.52. The minimum absolute atomic E-state index is 0.0806. The average molecular weight is 883 g/mol. The van der Waals surface area contributed by atoms with Crippen molar-refractivity contribution in [3.05, 3.63) is 48.6 Å². The van der Waals surface area contributed by atoms with Crippen molar-refractivity contribution in [3.63, 3.8) is 0 Å². The van der Waals surface area contributed by atoms with E-state index in [1.165, 1.54) is 135 Å². The van der Waals surface area contributed by atoms with E-state index in [0.717, 1.165) is 103 Å². The van der Waals surface area contributed by atoms with Gasteiger partial charge >= 0.3 is 17.9 Å². The molecule has 0 amide bonds. The van der Waals surface area contributed by atoms with Crippen LogP contribution in [0.1, 0.15) is 278 Å². The van der Waals surface area contributed by atoms with Crippen LogP contribution >= 0.6 is 0 Å². The Morgan fingerprint density at radius 2 is 0.619 bits per heavy atom. The van der Waals surface area contributed by atoms with Gasteiger partial charge in [0, 0.05) is 19.3 Å². The van der Waals surface area contributed by atoms with Crippen molar-refractivity contribution in [2.45, 2.75) is 284 Å². The van der Waals surface area contributed by atoms with Gasteiger partial charge in [-0.05, 0) is 77.0 Å². The second kappa shape index (κ2) is 52.0. The molecule has 0 heterocycles. The van der Waals surface area contributed by atoms with Gasteiger partial charge in [0.2, 0.25) is 0 Å². The summed E-state index contributed by atoms with van der Waals surface area (Å²) in [6.07, 6.45) is 62.4. The van der Waals surface area contributed by atoms with Crippen molar-refractivity contribution >= 4 is 17.9 Å². The van der Waals surface area contributed by atoms with Crippen molar-refractivity contribution in [2.75, 3.05) is 13.2 Å². The molecule has 6 heteroatoms. The molecule has 366 valence electrons. The molecular weight excluding hydrogens is 781 g/mol. The van der Waals surface area contributed by atoms with Crippen LogP contribution in [0.3, 0.4) is 0 Å². The molecule has 6 nitrogen and oxygen atoms in total. The SMILES string of the molecule is CC/C=C\C/C=C\C/C=C\CCCCCCCC(=O)OC[C@H](COC(=O)CCCCCCC/C=C\CCCCCC)OC(=O)CCCCCCCCCCCCCCCCCCC. The Morgan fingerprint density at radius 3 is 1.00 bits per heavy atom. The third-order valence-electron chi connectivity index (χ3n) is 11.8. The fourth-order valence-corrected chi connectivity index (χ4v) is 7.75.